The lowest BCUT2D eigenvalue weighted by Gasteiger charge is -2.48. The summed E-state index contributed by atoms with van der Waals surface area (Å²) in [4.78, 5) is 27.7. The van der Waals surface area contributed by atoms with Gasteiger partial charge in [0.25, 0.3) is 0 Å². The van der Waals surface area contributed by atoms with Crippen molar-refractivity contribution in [2.45, 2.75) is 69.6 Å². The first-order chi connectivity index (χ1) is 22.6. The number of benzene rings is 2. The second kappa shape index (κ2) is 16.1. The molecule has 2 aromatic carbocycles. The average Bonchev–Trinajstić information content (AvgIpc) is 3.07. The molecule has 48 heavy (non-hydrogen) atoms. The first-order valence-electron chi connectivity index (χ1n) is 15.1. The van der Waals surface area contributed by atoms with Crippen LogP contribution < -0.4 is 28.4 Å². The van der Waals surface area contributed by atoms with Crippen molar-refractivity contribution >= 4 is 20.3 Å². The van der Waals surface area contributed by atoms with Gasteiger partial charge in [0.15, 0.2) is 49.8 Å². The van der Waals surface area contributed by atoms with Crippen molar-refractivity contribution in [2.75, 3.05) is 56.4 Å². The Bertz CT molecular complexity index is 1370. The van der Waals surface area contributed by atoms with E-state index < -0.39 is 57.6 Å². The van der Waals surface area contributed by atoms with Gasteiger partial charge in [0.2, 0.25) is 11.5 Å². The largest absolute Gasteiger partial charge is 0.493 e. The minimum absolute atomic E-state index is 0.0419. The van der Waals surface area contributed by atoms with E-state index in [1.54, 1.807) is 0 Å². The zero-order valence-electron chi connectivity index (χ0n) is 29.7. The normalized spacial score (nSPS) is 21.1. The van der Waals surface area contributed by atoms with Gasteiger partial charge in [-0.25, -0.2) is 9.59 Å². The van der Waals surface area contributed by atoms with E-state index in [2.05, 4.69) is 0 Å². The van der Waals surface area contributed by atoms with Crippen LogP contribution in [0.3, 0.4) is 0 Å². The maximum absolute atomic E-state index is 13.9. The van der Waals surface area contributed by atoms with Gasteiger partial charge in [-0.2, -0.15) is 0 Å². The quantitative estimate of drug-likeness (QED) is 0.221. The fourth-order valence-corrected chi connectivity index (χ4v) is 6.23. The molecule has 0 radical (unpaired) electrons. The number of rotatable bonds is 14. The van der Waals surface area contributed by atoms with Gasteiger partial charge in [0.05, 0.1) is 60.4 Å². The number of hydrogen-bond donors (Lipinski definition) is 1. The second-order valence-electron chi connectivity index (χ2n) is 12.4. The van der Waals surface area contributed by atoms with E-state index in [4.69, 9.17) is 51.8 Å². The van der Waals surface area contributed by atoms with Crippen LogP contribution >= 0.6 is 0 Å². The molecule has 1 heterocycles. The van der Waals surface area contributed by atoms with Gasteiger partial charge < -0.3 is 56.9 Å². The smallest absolute Gasteiger partial charge is 0.339 e. The number of methoxy groups -OCH3 is 7. The molecular weight excluding hydrogens is 648 g/mol. The number of ether oxygens (including phenoxy) is 10. The van der Waals surface area contributed by atoms with Crippen molar-refractivity contribution in [3.8, 4) is 34.5 Å². The zero-order chi connectivity index (χ0) is 36.0. The summed E-state index contributed by atoms with van der Waals surface area (Å²) in [5, 5.41) is 10.2. The molecule has 1 aliphatic heterocycles. The summed E-state index contributed by atoms with van der Waals surface area (Å²) >= 11 is 0. The van der Waals surface area contributed by atoms with Gasteiger partial charge in [-0.05, 0) is 42.4 Å². The molecule has 0 saturated carbocycles. The van der Waals surface area contributed by atoms with E-state index in [-0.39, 0.29) is 50.7 Å². The third-order valence-electron chi connectivity index (χ3n) is 8.53. The molecule has 0 spiro atoms. The van der Waals surface area contributed by atoms with E-state index in [1.807, 2.05) is 33.9 Å². The van der Waals surface area contributed by atoms with Crippen molar-refractivity contribution in [2.24, 2.45) is 0 Å². The fourth-order valence-electron chi connectivity index (χ4n) is 4.91. The summed E-state index contributed by atoms with van der Waals surface area (Å²) in [6, 6.07) is 5.71. The van der Waals surface area contributed by atoms with Crippen molar-refractivity contribution in [3.05, 3.63) is 35.4 Å². The molecule has 0 unspecified atom stereocenters. The molecular formula is C33H48O14Si. The Morgan fingerprint density at radius 3 is 1.40 bits per heavy atom. The lowest BCUT2D eigenvalue weighted by molar-refractivity contribution is -0.290. The van der Waals surface area contributed by atoms with Crippen molar-refractivity contribution in [3.63, 3.8) is 0 Å². The molecule has 1 aliphatic rings. The van der Waals surface area contributed by atoms with E-state index >= 15 is 0 Å². The van der Waals surface area contributed by atoms with Gasteiger partial charge >= 0.3 is 11.9 Å². The number of aliphatic hydroxyl groups excluding tert-OH is 1. The van der Waals surface area contributed by atoms with Crippen LogP contribution in [0.4, 0.5) is 0 Å². The van der Waals surface area contributed by atoms with Crippen molar-refractivity contribution < 1.29 is 66.5 Å². The Morgan fingerprint density at radius 1 is 0.688 bits per heavy atom. The molecule has 3 rings (SSSR count). The Balaban J connectivity index is 2.16. The first-order valence-corrected chi connectivity index (χ1v) is 18.0. The number of carbonyl (C=O) groups excluding carboxylic acids is 2. The third kappa shape index (κ3) is 8.09. The molecule has 1 saturated heterocycles. The van der Waals surface area contributed by atoms with E-state index in [9.17, 15) is 14.7 Å². The zero-order valence-corrected chi connectivity index (χ0v) is 30.7. The molecule has 15 heteroatoms. The predicted octanol–water partition coefficient (Wildman–Crippen LogP) is 4.24. The molecule has 0 amide bonds. The molecule has 1 N–H and O–H groups in total. The van der Waals surface area contributed by atoms with Gasteiger partial charge in [-0.15, -0.1) is 0 Å². The van der Waals surface area contributed by atoms with E-state index in [0.717, 1.165) is 0 Å². The minimum atomic E-state index is -2.63. The highest BCUT2D eigenvalue weighted by Crippen LogP contribution is 2.43. The third-order valence-corrected chi connectivity index (χ3v) is 13.0. The highest BCUT2D eigenvalue weighted by molar-refractivity contribution is 6.74. The molecule has 0 aromatic heterocycles. The topological polar surface area (TPSA) is 156 Å². The Labute approximate surface area is 282 Å². The van der Waals surface area contributed by atoms with Gasteiger partial charge in [-0.3, -0.25) is 0 Å². The monoisotopic (exact) mass is 696 g/mol. The molecule has 268 valence electrons. The number of aliphatic hydroxyl groups is 1. The summed E-state index contributed by atoms with van der Waals surface area (Å²) in [6.45, 7) is 9.59. The predicted molar refractivity (Wildman–Crippen MR) is 175 cm³/mol. The van der Waals surface area contributed by atoms with Crippen LogP contribution in [-0.2, 0) is 23.4 Å². The first kappa shape index (κ1) is 38.7. The van der Waals surface area contributed by atoms with Crippen LogP contribution in [0.25, 0.3) is 0 Å². The SMILES string of the molecule is COc1cc(C(=O)O[C@@H]2[C@@H](OC(=O)c3cc(OC)c(OC)c(OC)c3)[C@@H](OC)O[C@H](CO)[C@H]2O[Si](C)(C)C(C)(C)C)cc(OC)c1OC. The van der Waals surface area contributed by atoms with Crippen molar-refractivity contribution in [1.29, 1.82) is 0 Å². The Kier molecular flexibility index (Phi) is 13.0. The molecule has 14 nitrogen and oxygen atoms in total. The fraction of sp³-hybridized carbons (Fsp3) is 0.576. The lowest BCUT2D eigenvalue weighted by Crippen LogP contribution is -2.64. The minimum Gasteiger partial charge on any atom is -0.493 e. The molecule has 1 fully saturated rings. The molecule has 0 bridgehead atoms. The average molecular weight is 697 g/mol. The number of carbonyl (C=O) groups is 2. The maximum atomic E-state index is 13.9. The van der Waals surface area contributed by atoms with Crippen LogP contribution in [-0.4, -0.2) is 112 Å². The summed E-state index contributed by atoms with van der Waals surface area (Å²) in [5.74, 6) is -0.237. The second-order valence-corrected chi connectivity index (χ2v) is 17.1. The number of hydrogen-bond acceptors (Lipinski definition) is 14. The van der Waals surface area contributed by atoms with Crippen LogP contribution in [0.1, 0.15) is 41.5 Å². The van der Waals surface area contributed by atoms with Gasteiger partial charge in [0, 0.05) is 7.11 Å². The highest BCUT2D eigenvalue weighted by atomic mass is 28.4. The van der Waals surface area contributed by atoms with Crippen LogP contribution in [0.2, 0.25) is 18.1 Å². The molecule has 5 atom stereocenters. The van der Waals surface area contributed by atoms with Crippen LogP contribution in [0.5, 0.6) is 34.5 Å². The summed E-state index contributed by atoms with van der Waals surface area (Å²) < 4.78 is 63.0. The van der Waals surface area contributed by atoms with E-state index in [0.29, 0.717) is 0 Å². The van der Waals surface area contributed by atoms with Gasteiger partial charge in [-0.1, -0.05) is 20.8 Å². The Morgan fingerprint density at radius 2 is 1.08 bits per heavy atom. The maximum Gasteiger partial charge on any atom is 0.339 e. The highest BCUT2D eigenvalue weighted by Gasteiger charge is 2.54. The van der Waals surface area contributed by atoms with Crippen LogP contribution in [0.15, 0.2) is 24.3 Å². The summed E-state index contributed by atoms with van der Waals surface area (Å²) in [5.41, 5.74) is 0.0893. The summed E-state index contributed by atoms with van der Waals surface area (Å²) in [6.07, 6.45) is -6.06. The molecule has 0 aliphatic carbocycles. The van der Waals surface area contributed by atoms with Crippen LogP contribution in [0, 0.1) is 0 Å². The standard InChI is InChI=1S/C33H48O14Si/c1-33(2,3)48(11,12)47-27-24(17-34)44-32(43-10)29(46-31(36)19-15-22(39-6)26(42-9)23(16-19)40-7)28(27)45-30(35)18-13-20(37-4)25(41-8)21(14-18)38-5/h13-16,24,27-29,32,34H,17H2,1-12H3/t24-,27-,28+,29-,32+/m1/s1. The lowest BCUT2D eigenvalue weighted by atomic mass is 9.98. The number of esters is 2. The van der Waals surface area contributed by atoms with Crippen molar-refractivity contribution in [1.82, 2.24) is 0 Å². The van der Waals surface area contributed by atoms with E-state index in [1.165, 1.54) is 74.0 Å². The van der Waals surface area contributed by atoms with Gasteiger partial charge in [0.1, 0.15) is 12.2 Å². The molecule has 2 aromatic rings. The Hall–Kier alpha value is -3.76. The summed E-state index contributed by atoms with van der Waals surface area (Å²) in [7, 11) is 7.25.